The molecule has 3 aliphatic rings. The molecular weight excluding hydrogens is 422 g/mol. The van der Waals surface area contributed by atoms with Crippen molar-refractivity contribution in [3.05, 3.63) is 29.8 Å². The molecule has 3 heterocycles. The van der Waals surface area contributed by atoms with Crippen molar-refractivity contribution >= 4 is 30.3 Å². The van der Waals surface area contributed by atoms with E-state index in [9.17, 15) is 14.4 Å². The van der Waals surface area contributed by atoms with E-state index in [0.717, 1.165) is 17.7 Å². The van der Waals surface area contributed by atoms with Crippen LogP contribution in [0.2, 0.25) is 0 Å². The second-order valence-electron chi connectivity index (χ2n) is 8.12. The molecule has 3 aliphatic heterocycles. The topological polar surface area (TPSA) is 117 Å². The predicted octanol–water partition coefficient (Wildman–Crippen LogP) is 0.780. The van der Waals surface area contributed by atoms with Crippen LogP contribution < -0.4 is 21.1 Å². The fourth-order valence-corrected chi connectivity index (χ4v) is 4.76. The average Bonchev–Trinajstić information content (AvgIpc) is 3.18. The second kappa shape index (κ2) is 9.74. The number of rotatable bonds is 2. The lowest BCUT2D eigenvalue weighted by molar-refractivity contribution is -0.142. The average molecular weight is 452 g/mol. The molecule has 170 valence electrons. The van der Waals surface area contributed by atoms with Crippen LogP contribution in [0.25, 0.3) is 0 Å². The number of fused-ring (bicyclic) bond motifs is 2. The Hall–Kier alpha value is -2.52. The molecule has 0 saturated carbocycles. The highest BCUT2D eigenvalue weighted by atomic mass is 35.5. The zero-order chi connectivity index (χ0) is 21.3. The van der Waals surface area contributed by atoms with E-state index in [1.54, 1.807) is 16.8 Å². The summed E-state index contributed by atoms with van der Waals surface area (Å²) >= 11 is 0. The summed E-state index contributed by atoms with van der Waals surface area (Å²) in [5.74, 6) is 0.374. The van der Waals surface area contributed by atoms with Crippen LogP contribution >= 0.6 is 12.4 Å². The molecule has 0 bridgehead atoms. The summed E-state index contributed by atoms with van der Waals surface area (Å²) in [6, 6.07) is 5.86. The maximum absolute atomic E-state index is 13.2. The smallest absolute Gasteiger partial charge is 0.317 e. The highest BCUT2D eigenvalue weighted by Gasteiger charge is 2.44. The maximum Gasteiger partial charge on any atom is 0.317 e. The van der Waals surface area contributed by atoms with Crippen molar-refractivity contribution in [2.45, 2.75) is 49.9 Å². The molecule has 0 aromatic heterocycles. The van der Waals surface area contributed by atoms with Gasteiger partial charge in [0.25, 0.3) is 0 Å². The van der Waals surface area contributed by atoms with E-state index in [-0.39, 0.29) is 48.9 Å². The molecular formula is C21H30ClN5O4. The van der Waals surface area contributed by atoms with Crippen molar-refractivity contribution in [1.29, 1.82) is 0 Å². The standard InChI is InChI=1S/C21H29N5O4.ClH/c1-23-21(29)25-10-8-13-6-7-17(26(13)20(28)15(22)12-25)19(27)24-16-9-11-30-18-5-3-2-4-14(16)18;/h2-5,13,15-17H,6-12,22H2,1H3,(H,23,29)(H,24,27);1H/t13-,15+,16-,17+;/m1./s1. The summed E-state index contributed by atoms with van der Waals surface area (Å²) in [6.07, 6.45) is 2.64. The SMILES string of the molecule is CNC(=O)N1CC[C@H]2CC[C@@H](C(=O)N[C@@H]3CCOc4ccccc43)N2C(=O)[C@@H](N)C1.Cl. The number of halogens is 1. The van der Waals surface area contributed by atoms with Crippen molar-refractivity contribution in [3.63, 3.8) is 0 Å². The molecule has 1 aromatic carbocycles. The number of ether oxygens (including phenoxy) is 1. The van der Waals surface area contributed by atoms with Crippen LogP contribution in [-0.4, -0.2) is 72.5 Å². The number of nitrogens with one attached hydrogen (secondary N) is 2. The largest absolute Gasteiger partial charge is 0.493 e. The van der Waals surface area contributed by atoms with Gasteiger partial charge in [0, 0.05) is 38.2 Å². The van der Waals surface area contributed by atoms with Gasteiger partial charge in [-0.3, -0.25) is 9.59 Å². The normalized spacial score (nSPS) is 27.6. The number of urea groups is 1. The molecule has 2 saturated heterocycles. The third-order valence-electron chi connectivity index (χ3n) is 6.30. The highest BCUT2D eigenvalue weighted by Crippen LogP contribution is 2.33. The van der Waals surface area contributed by atoms with Crippen LogP contribution in [0, 0.1) is 0 Å². The molecule has 1 aromatic rings. The molecule has 0 radical (unpaired) electrons. The van der Waals surface area contributed by atoms with Gasteiger partial charge in [-0.1, -0.05) is 18.2 Å². The van der Waals surface area contributed by atoms with E-state index in [4.69, 9.17) is 10.5 Å². The van der Waals surface area contributed by atoms with Gasteiger partial charge >= 0.3 is 6.03 Å². The first kappa shape index (κ1) is 23.1. The van der Waals surface area contributed by atoms with E-state index in [1.165, 1.54) is 0 Å². The van der Waals surface area contributed by atoms with Crippen LogP contribution in [0.15, 0.2) is 24.3 Å². The quantitative estimate of drug-likeness (QED) is 0.614. The van der Waals surface area contributed by atoms with E-state index < -0.39 is 12.1 Å². The van der Waals surface area contributed by atoms with E-state index in [2.05, 4.69) is 10.6 Å². The van der Waals surface area contributed by atoms with E-state index in [0.29, 0.717) is 32.4 Å². The van der Waals surface area contributed by atoms with Crippen LogP contribution in [0.5, 0.6) is 5.75 Å². The number of benzene rings is 1. The van der Waals surface area contributed by atoms with Crippen LogP contribution in [0.1, 0.15) is 37.3 Å². The number of hydrogen-bond acceptors (Lipinski definition) is 5. The second-order valence-corrected chi connectivity index (χ2v) is 8.12. The summed E-state index contributed by atoms with van der Waals surface area (Å²) in [5, 5.41) is 5.72. The summed E-state index contributed by atoms with van der Waals surface area (Å²) in [6.45, 7) is 1.19. The summed E-state index contributed by atoms with van der Waals surface area (Å²) < 4.78 is 5.68. The number of carbonyl (C=O) groups excluding carboxylic acids is 3. The third-order valence-corrected chi connectivity index (χ3v) is 6.30. The Morgan fingerprint density at radius 3 is 2.71 bits per heavy atom. The zero-order valence-electron chi connectivity index (χ0n) is 17.6. The molecule has 4 rings (SSSR count). The summed E-state index contributed by atoms with van der Waals surface area (Å²) in [4.78, 5) is 41.5. The van der Waals surface area contributed by atoms with Gasteiger partial charge in [-0.25, -0.2) is 4.79 Å². The number of amides is 4. The molecule has 4 N–H and O–H groups in total. The first-order valence-corrected chi connectivity index (χ1v) is 10.6. The minimum absolute atomic E-state index is 0. The number of nitrogens with two attached hydrogens (primary N) is 1. The van der Waals surface area contributed by atoms with Crippen molar-refractivity contribution in [1.82, 2.24) is 20.4 Å². The Morgan fingerprint density at radius 1 is 1.16 bits per heavy atom. The van der Waals surface area contributed by atoms with Gasteiger partial charge in [0.2, 0.25) is 11.8 Å². The van der Waals surface area contributed by atoms with Gasteiger partial charge in [-0.2, -0.15) is 0 Å². The summed E-state index contributed by atoms with van der Waals surface area (Å²) in [7, 11) is 1.56. The molecule has 2 fully saturated rings. The first-order chi connectivity index (χ1) is 14.5. The summed E-state index contributed by atoms with van der Waals surface area (Å²) in [5.41, 5.74) is 7.10. The fourth-order valence-electron chi connectivity index (χ4n) is 4.76. The van der Waals surface area contributed by atoms with Gasteiger partial charge in [0.05, 0.1) is 12.6 Å². The van der Waals surface area contributed by atoms with Crippen molar-refractivity contribution in [2.75, 3.05) is 26.7 Å². The van der Waals surface area contributed by atoms with Gasteiger partial charge in [-0.05, 0) is 25.3 Å². The molecule has 4 atom stereocenters. The number of para-hydroxylation sites is 1. The van der Waals surface area contributed by atoms with Gasteiger partial charge in [-0.15, -0.1) is 12.4 Å². The third kappa shape index (κ3) is 4.57. The number of carbonyl (C=O) groups is 3. The molecule has 31 heavy (non-hydrogen) atoms. The lowest BCUT2D eigenvalue weighted by Crippen LogP contribution is -2.60. The fraction of sp³-hybridized carbons (Fsp3) is 0.571. The highest BCUT2D eigenvalue weighted by molar-refractivity contribution is 5.91. The predicted molar refractivity (Wildman–Crippen MR) is 117 cm³/mol. The lowest BCUT2D eigenvalue weighted by Gasteiger charge is -2.37. The van der Waals surface area contributed by atoms with Gasteiger partial charge in [0.1, 0.15) is 17.8 Å². The molecule has 9 nitrogen and oxygen atoms in total. The minimum atomic E-state index is -0.845. The Kier molecular flexibility index (Phi) is 7.27. The lowest BCUT2D eigenvalue weighted by atomic mass is 10.00. The molecule has 0 spiro atoms. The molecule has 10 heteroatoms. The van der Waals surface area contributed by atoms with Crippen molar-refractivity contribution in [2.24, 2.45) is 5.73 Å². The Morgan fingerprint density at radius 2 is 1.94 bits per heavy atom. The zero-order valence-corrected chi connectivity index (χ0v) is 18.4. The van der Waals surface area contributed by atoms with Crippen molar-refractivity contribution in [3.8, 4) is 5.75 Å². The molecule has 0 unspecified atom stereocenters. The van der Waals surface area contributed by atoms with Gasteiger partial charge < -0.3 is 30.9 Å². The van der Waals surface area contributed by atoms with Crippen LogP contribution in [0.4, 0.5) is 4.79 Å². The van der Waals surface area contributed by atoms with Crippen molar-refractivity contribution < 1.29 is 19.1 Å². The minimum Gasteiger partial charge on any atom is -0.493 e. The Balaban J connectivity index is 0.00000272. The monoisotopic (exact) mass is 451 g/mol. The Bertz CT molecular complexity index is 838. The number of nitrogens with zero attached hydrogens (tertiary/aromatic N) is 2. The van der Waals surface area contributed by atoms with E-state index in [1.807, 2.05) is 24.3 Å². The van der Waals surface area contributed by atoms with E-state index >= 15 is 0 Å². The van der Waals surface area contributed by atoms with Gasteiger partial charge in [0.15, 0.2) is 0 Å². The first-order valence-electron chi connectivity index (χ1n) is 10.6. The Labute approximate surface area is 188 Å². The van der Waals surface area contributed by atoms with Crippen LogP contribution in [0.3, 0.4) is 0 Å². The number of hydrogen-bond donors (Lipinski definition) is 3. The molecule has 4 amide bonds. The van der Waals surface area contributed by atoms with Crippen LogP contribution in [-0.2, 0) is 9.59 Å². The maximum atomic E-state index is 13.2. The molecule has 0 aliphatic carbocycles.